The first kappa shape index (κ1) is 22.3. The normalized spacial score (nSPS) is 13.6. The van der Waals surface area contributed by atoms with Crippen LogP contribution in [0.2, 0.25) is 0 Å². The van der Waals surface area contributed by atoms with Gasteiger partial charge in [0.25, 0.3) is 11.5 Å². The van der Waals surface area contributed by atoms with Gasteiger partial charge in [-0.25, -0.2) is 9.07 Å². The van der Waals surface area contributed by atoms with Crippen LogP contribution in [-0.2, 0) is 6.54 Å². The molecule has 0 bridgehead atoms. The Balaban J connectivity index is 1.24. The number of piperazine rings is 1. The number of aromatic nitrogens is 3. The van der Waals surface area contributed by atoms with E-state index in [0.717, 1.165) is 18.8 Å². The van der Waals surface area contributed by atoms with E-state index in [1.807, 2.05) is 0 Å². The topological polar surface area (TPSA) is 96.5 Å². The zero-order valence-electron chi connectivity index (χ0n) is 18.8. The zero-order valence-corrected chi connectivity index (χ0v) is 18.8. The molecule has 1 aromatic carbocycles. The fourth-order valence-corrected chi connectivity index (χ4v) is 3.93. The SMILES string of the molecule is O=C(Nc1cccnc1)c1ccc(Cn2nc(N3CCN(c4ccc(F)cc4)CC3)ccc2=O)o1. The van der Waals surface area contributed by atoms with Crippen molar-refractivity contribution in [1.82, 2.24) is 14.8 Å². The molecule has 0 spiro atoms. The Kier molecular flexibility index (Phi) is 6.25. The molecule has 4 aromatic rings. The van der Waals surface area contributed by atoms with Crippen LogP contribution >= 0.6 is 0 Å². The molecule has 35 heavy (non-hydrogen) atoms. The Morgan fingerprint density at radius 3 is 2.49 bits per heavy atom. The number of anilines is 3. The van der Waals surface area contributed by atoms with Gasteiger partial charge in [0.05, 0.1) is 11.9 Å². The highest BCUT2D eigenvalue weighted by Crippen LogP contribution is 2.19. The molecule has 178 valence electrons. The minimum Gasteiger partial charge on any atom is -0.454 e. The molecular weight excluding hydrogens is 451 g/mol. The lowest BCUT2D eigenvalue weighted by molar-refractivity contribution is 0.0994. The number of amides is 1. The van der Waals surface area contributed by atoms with Crippen molar-refractivity contribution >= 4 is 23.1 Å². The number of pyridine rings is 1. The van der Waals surface area contributed by atoms with Gasteiger partial charge in [0.15, 0.2) is 5.76 Å². The van der Waals surface area contributed by atoms with Gasteiger partial charge >= 0.3 is 0 Å². The molecule has 1 amide bonds. The molecule has 0 saturated carbocycles. The molecule has 5 rings (SSSR count). The molecule has 4 heterocycles. The summed E-state index contributed by atoms with van der Waals surface area (Å²) < 4.78 is 20.2. The van der Waals surface area contributed by atoms with Crippen LogP contribution in [0.5, 0.6) is 0 Å². The van der Waals surface area contributed by atoms with E-state index in [1.165, 1.54) is 29.1 Å². The molecule has 1 saturated heterocycles. The number of rotatable bonds is 6. The van der Waals surface area contributed by atoms with Crippen molar-refractivity contribution in [3.05, 3.63) is 101 Å². The van der Waals surface area contributed by atoms with Crippen LogP contribution in [0.15, 0.2) is 82.3 Å². The Bertz CT molecular complexity index is 1360. The second kappa shape index (κ2) is 9.80. The first-order chi connectivity index (χ1) is 17.0. The van der Waals surface area contributed by atoms with Crippen molar-refractivity contribution in [1.29, 1.82) is 0 Å². The van der Waals surface area contributed by atoms with Crippen LogP contribution in [0.3, 0.4) is 0 Å². The number of hydrogen-bond acceptors (Lipinski definition) is 7. The van der Waals surface area contributed by atoms with E-state index in [1.54, 1.807) is 48.7 Å². The van der Waals surface area contributed by atoms with Gasteiger partial charge in [0.2, 0.25) is 0 Å². The van der Waals surface area contributed by atoms with E-state index in [-0.39, 0.29) is 23.7 Å². The van der Waals surface area contributed by atoms with Gasteiger partial charge in [-0.05, 0) is 54.6 Å². The largest absolute Gasteiger partial charge is 0.454 e. The third kappa shape index (κ3) is 5.21. The van der Waals surface area contributed by atoms with E-state index in [0.29, 0.717) is 30.4 Å². The van der Waals surface area contributed by atoms with Crippen molar-refractivity contribution in [2.75, 3.05) is 41.3 Å². The average Bonchev–Trinajstić information content (AvgIpc) is 3.35. The first-order valence-electron chi connectivity index (χ1n) is 11.2. The predicted molar refractivity (Wildman–Crippen MR) is 129 cm³/mol. The van der Waals surface area contributed by atoms with E-state index >= 15 is 0 Å². The van der Waals surface area contributed by atoms with Gasteiger partial charge in [-0.1, -0.05) is 0 Å². The number of nitrogens with zero attached hydrogens (tertiary/aromatic N) is 5. The predicted octanol–water partition coefficient (Wildman–Crippen LogP) is 3.00. The quantitative estimate of drug-likeness (QED) is 0.459. The van der Waals surface area contributed by atoms with Crippen LogP contribution in [-0.4, -0.2) is 46.9 Å². The minimum absolute atomic E-state index is 0.0996. The van der Waals surface area contributed by atoms with Crippen LogP contribution in [0.1, 0.15) is 16.3 Å². The van der Waals surface area contributed by atoms with Crippen LogP contribution < -0.4 is 20.7 Å². The molecule has 9 nitrogen and oxygen atoms in total. The van der Waals surface area contributed by atoms with E-state index in [9.17, 15) is 14.0 Å². The molecule has 1 aliphatic heterocycles. The highest BCUT2D eigenvalue weighted by molar-refractivity contribution is 6.02. The summed E-state index contributed by atoms with van der Waals surface area (Å²) >= 11 is 0. The third-order valence-electron chi connectivity index (χ3n) is 5.76. The fraction of sp³-hybridized carbons (Fsp3) is 0.200. The lowest BCUT2D eigenvalue weighted by Gasteiger charge is -2.36. The van der Waals surface area contributed by atoms with Gasteiger partial charge in [-0.3, -0.25) is 14.6 Å². The minimum atomic E-state index is -0.405. The summed E-state index contributed by atoms with van der Waals surface area (Å²) in [6.45, 7) is 3.02. The van der Waals surface area contributed by atoms with Crippen molar-refractivity contribution in [3.63, 3.8) is 0 Å². The lowest BCUT2D eigenvalue weighted by atomic mass is 10.2. The molecule has 0 radical (unpaired) electrons. The summed E-state index contributed by atoms with van der Waals surface area (Å²) in [5.74, 6) is 0.595. The summed E-state index contributed by atoms with van der Waals surface area (Å²) in [4.78, 5) is 33.1. The first-order valence-corrected chi connectivity index (χ1v) is 11.2. The molecule has 1 aliphatic rings. The number of benzene rings is 1. The number of carbonyl (C=O) groups is 1. The summed E-state index contributed by atoms with van der Waals surface area (Å²) in [5.41, 5.74) is 1.27. The van der Waals surface area contributed by atoms with Crippen LogP contribution in [0, 0.1) is 5.82 Å². The summed E-state index contributed by atoms with van der Waals surface area (Å²) in [7, 11) is 0. The zero-order chi connectivity index (χ0) is 24.2. The maximum Gasteiger partial charge on any atom is 0.291 e. The second-order valence-corrected chi connectivity index (χ2v) is 8.10. The van der Waals surface area contributed by atoms with Crippen LogP contribution in [0.4, 0.5) is 21.6 Å². The van der Waals surface area contributed by atoms with Crippen molar-refractivity contribution in [2.45, 2.75) is 6.54 Å². The summed E-state index contributed by atoms with van der Waals surface area (Å²) in [5, 5.41) is 7.22. The highest BCUT2D eigenvalue weighted by atomic mass is 19.1. The van der Waals surface area contributed by atoms with Crippen molar-refractivity contribution < 1.29 is 13.6 Å². The Morgan fingerprint density at radius 2 is 1.74 bits per heavy atom. The molecule has 3 aromatic heterocycles. The van der Waals surface area contributed by atoms with Gasteiger partial charge in [0, 0.05) is 44.1 Å². The van der Waals surface area contributed by atoms with Gasteiger partial charge in [-0.15, -0.1) is 0 Å². The molecule has 0 unspecified atom stereocenters. The Hall–Kier alpha value is -4.47. The Labute approximate surface area is 200 Å². The molecule has 1 N–H and O–H groups in total. The monoisotopic (exact) mass is 474 g/mol. The smallest absolute Gasteiger partial charge is 0.291 e. The van der Waals surface area contributed by atoms with E-state index in [2.05, 4.69) is 25.2 Å². The second-order valence-electron chi connectivity index (χ2n) is 8.10. The van der Waals surface area contributed by atoms with E-state index < -0.39 is 5.91 Å². The molecular formula is C25H23FN6O3. The number of carbonyl (C=O) groups excluding carboxylic acids is 1. The highest BCUT2D eigenvalue weighted by Gasteiger charge is 2.20. The fourth-order valence-electron chi connectivity index (χ4n) is 3.93. The van der Waals surface area contributed by atoms with Gasteiger partial charge < -0.3 is 19.5 Å². The number of nitrogens with one attached hydrogen (secondary N) is 1. The van der Waals surface area contributed by atoms with Crippen molar-refractivity contribution in [3.8, 4) is 0 Å². The molecule has 0 atom stereocenters. The number of furan rings is 1. The summed E-state index contributed by atoms with van der Waals surface area (Å²) in [6, 6.07) is 16.3. The number of halogens is 1. The summed E-state index contributed by atoms with van der Waals surface area (Å²) in [6.07, 6.45) is 3.15. The lowest BCUT2D eigenvalue weighted by Crippen LogP contribution is -2.47. The molecule has 1 fully saturated rings. The van der Waals surface area contributed by atoms with E-state index in [4.69, 9.17) is 4.42 Å². The molecule has 0 aliphatic carbocycles. The van der Waals surface area contributed by atoms with Crippen molar-refractivity contribution in [2.24, 2.45) is 0 Å². The van der Waals surface area contributed by atoms with Gasteiger partial charge in [-0.2, -0.15) is 5.10 Å². The maximum atomic E-state index is 13.2. The van der Waals surface area contributed by atoms with Gasteiger partial charge in [0.1, 0.15) is 23.9 Å². The average molecular weight is 474 g/mol. The molecule has 10 heteroatoms. The standard InChI is InChI=1S/C25H23FN6O3/c26-18-3-5-20(6-4-18)30-12-14-31(15-13-30)23-9-10-24(33)32(29-23)17-21-7-8-22(35-21)25(34)28-19-2-1-11-27-16-19/h1-11,16H,12-15,17H2,(H,28,34). The Morgan fingerprint density at radius 1 is 0.971 bits per heavy atom. The third-order valence-corrected chi connectivity index (χ3v) is 5.76. The maximum absolute atomic E-state index is 13.2. The van der Waals surface area contributed by atoms with Crippen LogP contribution in [0.25, 0.3) is 0 Å². The number of hydrogen-bond donors (Lipinski definition) is 1.